The highest BCUT2D eigenvalue weighted by atomic mass is 16.4. The quantitative estimate of drug-likeness (QED) is 0.535. The highest BCUT2D eigenvalue weighted by Gasteiger charge is 2.38. The summed E-state index contributed by atoms with van der Waals surface area (Å²) < 4.78 is 0. The average molecular weight is 286 g/mol. The molecule has 1 saturated carbocycles. The van der Waals surface area contributed by atoms with E-state index in [4.69, 9.17) is 10.8 Å². The third-order valence-electron chi connectivity index (χ3n) is 4.09. The molecule has 0 heterocycles. The molecule has 0 aromatic carbocycles. The van der Waals surface area contributed by atoms with Crippen molar-refractivity contribution in [2.24, 2.45) is 11.1 Å². The Morgan fingerprint density at radius 3 is 2.25 bits per heavy atom. The van der Waals surface area contributed by atoms with Crippen LogP contribution in [-0.2, 0) is 9.59 Å². The van der Waals surface area contributed by atoms with Crippen molar-refractivity contribution in [3.8, 4) is 0 Å². The summed E-state index contributed by atoms with van der Waals surface area (Å²) in [5.74, 6) is -1.25. The predicted octanol–water partition coefficient (Wildman–Crippen LogP) is 0.628. The van der Waals surface area contributed by atoms with Gasteiger partial charge in [-0.3, -0.25) is 9.59 Å². The van der Waals surface area contributed by atoms with Crippen molar-refractivity contribution < 1.29 is 19.8 Å². The number of rotatable bonds is 6. The maximum absolute atomic E-state index is 12.4. The number of amides is 1. The predicted molar refractivity (Wildman–Crippen MR) is 75.1 cm³/mol. The van der Waals surface area contributed by atoms with Gasteiger partial charge in [-0.2, -0.15) is 0 Å². The first-order valence-electron chi connectivity index (χ1n) is 7.24. The smallest absolute Gasteiger partial charge is 0.306 e. The van der Waals surface area contributed by atoms with Crippen LogP contribution in [0.1, 0.15) is 51.9 Å². The second-order valence-corrected chi connectivity index (χ2v) is 6.15. The summed E-state index contributed by atoms with van der Waals surface area (Å²) in [6, 6.07) is 0. The van der Waals surface area contributed by atoms with Crippen LogP contribution in [0.15, 0.2) is 0 Å². The monoisotopic (exact) mass is 286 g/mol. The van der Waals surface area contributed by atoms with Gasteiger partial charge in [-0.15, -0.1) is 0 Å². The van der Waals surface area contributed by atoms with Crippen molar-refractivity contribution in [2.45, 2.75) is 57.5 Å². The Morgan fingerprint density at radius 2 is 1.80 bits per heavy atom. The minimum absolute atomic E-state index is 0.0696. The molecule has 0 aliphatic heterocycles. The van der Waals surface area contributed by atoms with Gasteiger partial charge in [0, 0.05) is 13.1 Å². The topological polar surface area (TPSA) is 113 Å². The normalized spacial score (nSPS) is 21.6. The van der Waals surface area contributed by atoms with Crippen molar-refractivity contribution in [1.29, 1.82) is 0 Å². The van der Waals surface area contributed by atoms with Crippen LogP contribution in [0.3, 0.4) is 0 Å². The van der Waals surface area contributed by atoms with Crippen LogP contribution in [0.5, 0.6) is 0 Å². The summed E-state index contributed by atoms with van der Waals surface area (Å²) >= 11 is 0. The summed E-state index contributed by atoms with van der Waals surface area (Å²) in [5.41, 5.74) is 3.81. The van der Waals surface area contributed by atoms with Gasteiger partial charge in [-0.25, -0.2) is 0 Å². The van der Waals surface area contributed by atoms with Crippen molar-refractivity contribution in [1.82, 2.24) is 5.32 Å². The summed E-state index contributed by atoms with van der Waals surface area (Å²) in [6.45, 7) is 1.63. The average Bonchev–Trinajstić information content (AvgIpc) is 2.60. The maximum atomic E-state index is 12.4. The third-order valence-corrected chi connectivity index (χ3v) is 4.09. The largest absolute Gasteiger partial charge is 0.481 e. The molecule has 5 N–H and O–H groups in total. The zero-order valence-corrected chi connectivity index (χ0v) is 12.2. The van der Waals surface area contributed by atoms with Crippen LogP contribution < -0.4 is 11.1 Å². The number of nitrogens with two attached hydrogens (primary N) is 1. The van der Waals surface area contributed by atoms with E-state index in [9.17, 15) is 14.7 Å². The first kappa shape index (κ1) is 16.9. The molecular weight excluding hydrogens is 260 g/mol. The number of carboxylic acid groups (broad SMARTS) is 1. The number of carbonyl (C=O) groups is 2. The fourth-order valence-electron chi connectivity index (χ4n) is 2.78. The molecule has 0 saturated heterocycles. The first-order valence-corrected chi connectivity index (χ1v) is 7.24. The number of carboxylic acids is 1. The van der Waals surface area contributed by atoms with E-state index in [0.717, 1.165) is 38.5 Å². The van der Waals surface area contributed by atoms with E-state index < -0.39 is 23.4 Å². The number of nitrogens with one attached hydrogen (secondary N) is 1. The number of aliphatic hydroxyl groups is 1. The standard InChI is InChI=1S/C14H26N2O4/c1-13(20,8-11(17)18)10-16-12(19)14(9-15)6-4-2-3-5-7-14/h20H,2-10,15H2,1H3,(H,16,19)(H,17,18). The second kappa shape index (κ2) is 7.04. The molecule has 20 heavy (non-hydrogen) atoms. The van der Waals surface area contributed by atoms with Gasteiger partial charge >= 0.3 is 5.97 Å². The fourth-order valence-corrected chi connectivity index (χ4v) is 2.78. The molecule has 6 nitrogen and oxygen atoms in total. The molecule has 1 aliphatic carbocycles. The Labute approximate surface area is 119 Å². The van der Waals surface area contributed by atoms with E-state index >= 15 is 0 Å². The van der Waals surface area contributed by atoms with Gasteiger partial charge in [0.15, 0.2) is 0 Å². The molecule has 1 aliphatic rings. The lowest BCUT2D eigenvalue weighted by Gasteiger charge is -2.31. The van der Waals surface area contributed by atoms with Crippen LogP contribution >= 0.6 is 0 Å². The van der Waals surface area contributed by atoms with Crippen LogP contribution in [-0.4, -0.2) is 40.8 Å². The zero-order chi connectivity index (χ0) is 15.2. The van der Waals surface area contributed by atoms with Gasteiger partial charge in [0.2, 0.25) is 5.91 Å². The molecule has 116 valence electrons. The molecule has 0 aromatic heterocycles. The van der Waals surface area contributed by atoms with Crippen molar-refractivity contribution in [3.05, 3.63) is 0 Å². The summed E-state index contributed by atoms with van der Waals surface area (Å²) in [6.07, 6.45) is 5.32. The van der Waals surface area contributed by atoms with Gasteiger partial charge in [-0.1, -0.05) is 25.7 Å². The lowest BCUT2D eigenvalue weighted by Crippen LogP contribution is -2.50. The van der Waals surface area contributed by atoms with Crippen molar-refractivity contribution >= 4 is 11.9 Å². The van der Waals surface area contributed by atoms with Crippen LogP contribution in [0.4, 0.5) is 0 Å². The maximum Gasteiger partial charge on any atom is 0.306 e. The molecule has 1 fully saturated rings. The van der Waals surface area contributed by atoms with Crippen molar-refractivity contribution in [3.63, 3.8) is 0 Å². The molecule has 0 spiro atoms. The Morgan fingerprint density at radius 1 is 1.25 bits per heavy atom. The summed E-state index contributed by atoms with van der Waals surface area (Å²) in [7, 11) is 0. The molecule has 1 rings (SSSR count). The van der Waals surface area contributed by atoms with Crippen LogP contribution in [0.25, 0.3) is 0 Å². The fraction of sp³-hybridized carbons (Fsp3) is 0.857. The molecule has 0 aromatic rings. The minimum Gasteiger partial charge on any atom is -0.481 e. The molecule has 6 heteroatoms. The number of hydrogen-bond donors (Lipinski definition) is 4. The third kappa shape index (κ3) is 4.76. The first-order chi connectivity index (χ1) is 9.31. The number of hydrogen-bond acceptors (Lipinski definition) is 4. The molecule has 1 atom stereocenters. The van der Waals surface area contributed by atoms with Gasteiger partial charge in [0.25, 0.3) is 0 Å². The molecule has 1 unspecified atom stereocenters. The Hall–Kier alpha value is -1.14. The van der Waals surface area contributed by atoms with E-state index in [0.29, 0.717) is 6.54 Å². The zero-order valence-electron chi connectivity index (χ0n) is 12.2. The second-order valence-electron chi connectivity index (χ2n) is 6.15. The Kier molecular flexibility index (Phi) is 5.95. The molecule has 1 amide bonds. The van der Waals surface area contributed by atoms with E-state index in [2.05, 4.69) is 5.32 Å². The van der Waals surface area contributed by atoms with Crippen LogP contribution in [0, 0.1) is 5.41 Å². The van der Waals surface area contributed by atoms with E-state index in [1.165, 1.54) is 6.92 Å². The Balaban J connectivity index is 2.61. The van der Waals surface area contributed by atoms with E-state index in [1.807, 2.05) is 0 Å². The SMILES string of the molecule is CC(O)(CNC(=O)C1(CN)CCCCCC1)CC(=O)O. The summed E-state index contributed by atoms with van der Waals surface area (Å²) in [4.78, 5) is 23.0. The van der Waals surface area contributed by atoms with E-state index in [-0.39, 0.29) is 12.5 Å². The van der Waals surface area contributed by atoms with Crippen molar-refractivity contribution in [2.75, 3.05) is 13.1 Å². The highest BCUT2D eigenvalue weighted by Crippen LogP contribution is 2.34. The lowest BCUT2D eigenvalue weighted by atomic mass is 9.79. The van der Waals surface area contributed by atoms with Gasteiger partial charge < -0.3 is 21.3 Å². The molecule has 0 bridgehead atoms. The number of aliphatic carboxylic acids is 1. The van der Waals surface area contributed by atoms with Crippen LogP contribution in [0.2, 0.25) is 0 Å². The molecular formula is C14H26N2O4. The van der Waals surface area contributed by atoms with E-state index in [1.54, 1.807) is 0 Å². The highest BCUT2D eigenvalue weighted by molar-refractivity contribution is 5.83. The number of carbonyl (C=O) groups excluding carboxylic acids is 1. The van der Waals surface area contributed by atoms with Gasteiger partial charge in [0.1, 0.15) is 0 Å². The minimum atomic E-state index is -1.44. The molecule has 0 radical (unpaired) electrons. The lowest BCUT2D eigenvalue weighted by molar-refractivity contribution is -0.143. The Bertz CT molecular complexity index is 347. The van der Waals surface area contributed by atoms with Gasteiger partial charge in [0.05, 0.1) is 17.4 Å². The summed E-state index contributed by atoms with van der Waals surface area (Å²) in [5, 5.41) is 21.3. The van der Waals surface area contributed by atoms with Gasteiger partial charge in [-0.05, 0) is 19.8 Å².